The van der Waals surface area contributed by atoms with Crippen LogP contribution in [-0.4, -0.2) is 23.6 Å². The lowest BCUT2D eigenvalue weighted by atomic mass is 10.00. The number of hydrogen-bond acceptors (Lipinski definition) is 5. The highest BCUT2D eigenvalue weighted by Crippen LogP contribution is 2.47. The van der Waals surface area contributed by atoms with Crippen molar-refractivity contribution < 1.29 is 8.42 Å². The molecule has 0 aromatic carbocycles. The van der Waals surface area contributed by atoms with Gasteiger partial charge in [-0.1, -0.05) is 13.0 Å². The molecule has 0 radical (unpaired) electrons. The van der Waals surface area contributed by atoms with Crippen LogP contribution in [0, 0.1) is 11.3 Å². The van der Waals surface area contributed by atoms with Crippen LogP contribution in [-0.2, 0) is 15.3 Å². The second-order valence-electron chi connectivity index (χ2n) is 5.05. The van der Waals surface area contributed by atoms with Gasteiger partial charge in [-0.25, -0.2) is 13.4 Å². The molecule has 104 valence electrons. The summed E-state index contributed by atoms with van der Waals surface area (Å²) in [6, 6.07) is 5.82. The molecular weight excluding hydrogens is 276 g/mol. The summed E-state index contributed by atoms with van der Waals surface area (Å²) in [7, 11) is -3.47. The van der Waals surface area contributed by atoms with Crippen molar-refractivity contribution in [3.8, 4) is 6.07 Å². The summed E-state index contributed by atoms with van der Waals surface area (Å²) in [5.41, 5.74) is 6.57. The highest BCUT2D eigenvalue weighted by Gasteiger charge is 2.45. The Hall–Kier alpha value is -2.07. The minimum Gasteiger partial charge on any atom is -0.381 e. The smallest absolute Gasteiger partial charge is 0.197 e. The van der Waals surface area contributed by atoms with Crippen LogP contribution in [0.4, 0.5) is 5.82 Å². The van der Waals surface area contributed by atoms with Crippen molar-refractivity contribution in [2.45, 2.75) is 30.2 Å². The molecule has 1 saturated carbocycles. The topological polar surface area (TPSA) is 101 Å². The fraction of sp³-hybridized carbons (Fsp3) is 0.385. The molecule has 1 aliphatic carbocycles. The van der Waals surface area contributed by atoms with Crippen molar-refractivity contribution in [3.63, 3.8) is 0 Å². The van der Waals surface area contributed by atoms with E-state index in [9.17, 15) is 13.7 Å². The van der Waals surface area contributed by atoms with E-state index >= 15 is 0 Å². The van der Waals surface area contributed by atoms with Crippen LogP contribution in [0.25, 0.3) is 5.65 Å². The SMILES string of the molecule is CCS(=O)(=O)c1c(N)nc2ccc(C3(C#N)CC3)cn12. The van der Waals surface area contributed by atoms with Crippen LogP contribution < -0.4 is 5.73 Å². The number of aromatic nitrogens is 2. The molecular formula is C13H14N4O2S. The number of anilines is 1. The van der Waals surface area contributed by atoms with E-state index in [0.717, 1.165) is 18.4 Å². The van der Waals surface area contributed by atoms with E-state index in [1.54, 1.807) is 19.2 Å². The first kappa shape index (κ1) is 12.9. The Morgan fingerprint density at radius 2 is 2.20 bits per heavy atom. The average molecular weight is 290 g/mol. The summed E-state index contributed by atoms with van der Waals surface area (Å²) < 4.78 is 25.8. The number of hydrogen-bond donors (Lipinski definition) is 1. The standard InChI is InChI=1S/C13H14N4O2S/c1-2-20(18,19)12-11(15)16-10-4-3-9(7-17(10)12)13(8-14)5-6-13/h3-4,7H,2,5-6,15H2,1H3. The van der Waals surface area contributed by atoms with Gasteiger partial charge >= 0.3 is 0 Å². The maximum atomic E-state index is 12.1. The number of imidazole rings is 1. The minimum absolute atomic E-state index is 0.00537. The largest absolute Gasteiger partial charge is 0.381 e. The van der Waals surface area contributed by atoms with E-state index in [0.29, 0.717) is 5.65 Å². The molecule has 0 saturated heterocycles. The van der Waals surface area contributed by atoms with Crippen molar-refractivity contribution in [2.24, 2.45) is 0 Å². The third kappa shape index (κ3) is 1.68. The third-order valence-corrected chi connectivity index (χ3v) is 5.55. The quantitative estimate of drug-likeness (QED) is 0.917. The van der Waals surface area contributed by atoms with Gasteiger partial charge in [0.05, 0.1) is 17.2 Å². The summed E-state index contributed by atoms with van der Waals surface area (Å²) in [4.78, 5) is 4.08. The molecule has 0 aliphatic heterocycles. The van der Waals surface area contributed by atoms with E-state index in [-0.39, 0.29) is 16.6 Å². The lowest BCUT2D eigenvalue weighted by Crippen LogP contribution is -2.11. The Balaban J connectivity index is 2.29. The van der Waals surface area contributed by atoms with Crippen molar-refractivity contribution in [1.29, 1.82) is 5.26 Å². The maximum Gasteiger partial charge on any atom is 0.197 e. The molecule has 1 aliphatic rings. The van der Waals surface area contributed by atoms with Gasteiger partial charge in [0.1, 0.15) is 5.65 Å². The molecule has 2 aromatic rings. The number of fused-ring (bicyclic) bond motifs is 1. The zero-order valence-corrected chi connectivity index (χ0v) is 11.8. The fourth-order valence-corrected chi connectivity index (χ4v) is 3.44. The zero-order valence-electron chi connectivity index (χ0n) is 11.0. The Bertz CT molecular complexity index is 841. The Morgan fingerprint density at radius 1 is 1.50 bits per heavy atom. The molecule has 20 heavy (non-hydrogen) atoms. The molecule has 1 fully saturated rings. The van der Waals surface area contributed by atoms with Crippen molar-refractivity contribution >= 4 is 21.3 Å². The number of nitriles is 1. The average Bonchev–Trinajstić information content (AvgIpc) is 3.15. The summed E-state index contributed by atoms with van der Waals surface area (Å²) >= 11 is 0. The van der Waals surface area contributed by atoms with Gasteiger partial charge in [0.25, 0.3) is 0 Å². The van der Waals surface area contributed by atoms with Crippen molar-refractivity contribution in [2.75, 3.05) is 11.5 Å². The Kier molecular flexibility index (Phi) is 2.56. The molecule has 0 bridgehead atoms. The zero-order chi connectivity index (χ0) is 14.5. The molecule has 0 atom stereocenters. The van der Waals surface area contributed by atoms with Crippen molar-refractivity contribution in [3.05, 3.63) is 23.9 Å². The van der Waals surface area contributed by atoms with Gasteiger partial charge in [0.2, 0.25) is 0 Å². The van der Waals surface area contributed by atoms with Crippen LogP contribution in [0.3, 0.4) is 0 Å². The van der Waals surface area contributed by atoms with E-state index in [4.69, 9.17) is 5.73 Å². The Morgan fingerprint density at radius 3 is 2.75 bits per heavy atom. The van der Waals surface area contributed by atoms with Crippen LogP contribution in [0.2, 0.25) is 0 Å². The molecule has 0 unspecified atom stereocenters. The number of nitrogen functional groups attached to an aromatic ring is 1. The highest BCUT2D eigenvalue weighted by atomic mass is 32.2. The number of pyridine rings is 1. The Labute approximate surface area is 116 Å². The van der Waals surface area contributed by atoms with Gasteiger partial charge in [0.15, 0.2) is 20.7 Å². The highest BCUT2D eigenvalue weighted by molar-refractivity contribution is 7.91. The first-order valence-corrected chi connectivity index (χ1v) is 8.01. The monoisotopic (exact) mass is 290 g/mol. The van der Waals surface area contributed by atoms with E-state index in [1.807, 2.05) is 6.07 Å². The first-order valence-electron chi connectivity index (χ1n) is 6.35. The minimum atomic E-state index is -3.47. The predicted octanol–water partition coefficient (Wildman–Crippen LogP) is 1.27. The number of sulfone groups is 1. The lowest BCUT2D eigenvalue weighted by molar-refractivity contribution is 0.593. The summed E-state index contributed by atoms with van der Waals surface area (Å²) in [6.07, 6.45) is 3.28. The van der Waals surface area contributed by atoms with E-state index in [2.05, 4.69) is 11.1 Å². The summed E-state index contributed by atoms with van der Waals surface area (Å²) in [6.45, 7) is 1.57. The number of rotatable bonds is 3. The van der Waals surface area contributed by atoms with Gasteiger partial charge in [-0.15, -0.1) is 0 Å². The summed E-state index contributed by atoms with van der Waals surface area (Å²) in [5, 5.41) is 9.26. The first-order chi connectivity index (χ1) is 9.43. The summed E-state index contributed by atoms with van der Waals surface area (Å²) in [5.74, 6) is -0.0377. The van der Waals surface area contributed by atoms with E-state index in [1.165, 1.54) is 4.40 Å². The van der Waals surface area contributed by atoms with Gasteiger partial charge in [-0.2, -0.15) is 5.26 Å². The molecule has 2 aromatic heterocycles. The van der Waals surface area contributed by atoms with Gasteiger partial charge in [0, 0.05) is 6.20 Å². The lowest BCUT2D eigenvalue weighted by Gasteiger charge is -2.08. The van der Waals surface area contributed by atoms with E-state index < -0.39 is 15.3 Å². The molecule has 2 N–H and O–H groups in total. The van der Waals surface area contributed by atoms with Crippen LogP contribution in [0.1, 0.15) is 25.3 Å². The number of nitrogens with two attached hydrogens (primary N) is 1. The van der Waals surface area contributed by atoms with Crippen LogP contribution >= 0.6 is 0 Å². The molecule has 7 heteroatoms. The van der Waals surface area contributed by atoms with Gasteiger partial charge in [-0.05, 0) is 24.5 Å². The molecule has 6 nitrogen and oxygen atoms in total. The molecule has 0 amide bonds. The van der Waals surface area contributed by atoms with Crippen molar-refractivity contribution in [1.82, 2.24) is 9.38 Å². The number of nitrogens with zero attached hydrogens (tertiary/aromatic N) is 3. The molecule has 3 rings (SSSR count). The fourth-order valence-electron chi connectivity index (χ4n) is 2.36. The third-order valence-electron chi connectivity index (χ3n) is 3.79. The second-order valence-corrected chi connectivity index (χ2v) is 7.24. The van der Waals surface area contributed by atoms with Gasteiger partial charge < -0.3 is 5.73 Å². The van der Waals surface area contributed by atoms with Crippen LogP contribution in [0.5, 0.6) is 0 Å². The maximum absolute atomic E-state index is 12.1. The molecule has 2 heterocycles. The van der Waals surface area contributed by atoms with Gasteiger partial charge in [-0.3, -0.25) is 4.40 Å². The van der Waals surface area contributed by atoms with Crippen LogP contribution in [0.15, 0.2) is 23.4 Å². The second kappa shape index (κ2) is 3.96. The molecule has 0 spiro atoms. The normalized spacial score (nSPS) is 17.0. The predicted molar refractivity (Wildman–Crippen MR) is 73.9 cm³/mol.